The average molecular weight is 646 g/mol. The molecular weight excluding hydrogens is 606 g/mol. The molecule has 3 aromatic rings. The second-order valence-corrected chi connectivity index (χ2v) is 12.7. The summed E-state index contributed by atoms with van der Waals surface area (Å²) in [6.45, 7) is 7.89. The van der Waals surface area contributed by atoms with Gasteiger partial charge in [-0.15, -0.1) is 0 Å². The quantitative estimate of drug-likeness (QED) is 0.287. The average Bonchev–Trinajstić information content (AvgIpc) is 3.65. The second-order valence-electron chi connectivity index (χ2n) is 12.2. The van der Waals surface area contributed by atoms with E-state index in [1.807, 2.05) is 74.2 Å². The van der Waals surface area contributed by atoms with Crippen LogP contribution in [0.5, 0.6) is 11.5 Å². The van der Waals surface area contributed by atoms with Crippen LogP contribution in [0.1, 0.15) is 66.5 Å². The third-order valence-corrected chi connectivity index (χ3v) is 9.76. The number of benzene rings is 3. The molecule has 2 N–H and O–H groups in total. The minimum atomic E-state index is -0.940. The zero-order valence-corrected chi connectivity index (χ0v) is 27.2. The highest BCUT2D eigenvalue weighted by molar-refractivity contribution is 6.30. The van der Waals surface area contributed by atoms with E-state index in [0.717, 1.165) is 45.6 Å². The first-order valence-corrected chi connectivity index (χ1v) is 16.4. The van der Waals surface area contributed by atoms with E-state index in [1.165, 1.54) is 0 Å². The molecule has 3 aliphatic heterocycles. The van der Waals surface area contributed by atoms with Gasteiger partial charge in [0, 0.05) is 47.9 Å². The van der Waals surface area contributed by atoms with E-state index in [4.69, 9.17) is 21.1 Å². The molecule has 3 heterocycles. The second kappa shape index (κ2) is 13.3. The number of nitrogens with one attached hydrogen (secondary N) is 1. The molecular formula is C36H40ClN3O6. The van der Waals surface area contributed by atoms with Crippen molar-refractivity contribution in [2.75, 3.05) is 43.1 Å². The van der Waals surface area contributed by atoms with E-state index in [9.17, 15) is 19.5 Å². The predicted molar refractivity (Wildman–Crippen MR) is 177 cm³/mol. The number of carbonyl (C=O) groups is 3. The first-order valence-electron chi connectivity index (χ1n) is 16.1. The number of hydrogen-bond acceptors (Lipinski definition) is 6. The van der Waals surface area contributed by atoms with Crippen LogP contribution in [-0.2, 0) is 27.2 Å². The van der Waals surface area contributed by atoms with Crippen molar-refractivity contribution in [1.29, 1.82) is 0 Å². The summed E-state index contributed by atoms with van der Waals surface area (Å²) in [5.74, 6) is -1.05. The fourth-order valence-electron chi connectivity index (χ4n) is 7.36. The summed E-state index contributed by atoms with van der Waals surface area (Å²) in [6.07, 6.45) is 2.75. The molecule has 9 nitrogen and oxygen atoms in total. The highest BCUT2D eigenvalue weighted by Gasteiger charge is 2.48. The topological polar surface area (TPSA) is 108 Å². The smallest absolute Gasteiger partial charge is 0.309 e. The maximum absolute atomic E-state index is 13.8. The molecule has 0 saturated carbocycles. The Morgan fingerprint density at radius 1 is 1.02 bits per heavy atom. The number of fused-ring (bicyclic) bond motifs is 1. The zero-order chi connectivity index (χ0) is 32.5. The number of hydrogen-bond donors (Lipinski definition) is 2. The first-order chi connectivity index (χ1) is 22.2. The Bertz CT molecular complexity index is 1630. The Morgan fingerprint density at radius 2 is 1.72 bits per heavy atom. The molecule has 3 atom stereocenters. The number of carboxylic acid groups (broad SMARTS) is 1. The van der Waals surface area contributed by atoms with Crippen molar-refractivity contribution >= 4 is 40.8 Å². The van der Waals surface area contributed by atoms with Gasteiger partial charge >= 0.3 is 5.97 Å². The van der Waals surface area contributed by atoms with Gasteiger partial charge in [0.15, 0.2) is 11.5 Å². The van der Waals surface area contributed by atoms with Gasteiger partial charge in [-0.05, 0) is 84.3 Å². The van der Waals surface area contributed by atoms with Gasteiger partial charge in [-0.25, -0.2) is 0 Å². The molecule has 0 spiro atoms. The molecule has 46 heavy (non-hydrogen) atoms. The molecule has 3 aliphatic rings. The number of amides is 2. The van der Waals surface area contributed by atoms with Crippen LogP contribution in [-0.4, -0.2) is 60.6 Å². The molecule has 0 aromatic heterocycles. The number of nitrogens with zero attached hydrogens (tertiary/aromatic N) is 2. The highest BCUT2D eigenvalue weighted by Crippen LogP contribution is 2.49. The molecule has 0 radical (unpaired) electrons. The molecule has 2 amide bonds. The van der Waals surface area contributed by atoms with Gasteiger partial charge in [0.25, 0.3) is 0 Å². The monoisotopic (exact) mass is 645 g/mol. The zero-order valence-electron chi connectivity index (χ0n) is 26.5. The number of carbonyl (C=O) groups excluding carboxylic acids is 2. The van der Waals surface area contributed by atoms with E-state index in [2.05, 4.69) is 5.32 Å². The van der Waals surface area contributed by atoms with E-state index < -0.39 is 23.8 Å². The van der Waals surface area contributed by atoms with Gasteiger partial charge in [0.05, 0.1) is 12.5 Å². The number of anilines is 2. The third kappa shape index (κ3) is 6.06. The normalized spacial score (nSPS) is 21.1. The molecule has 242 valence electrons. The predicted octanol–water partition coefficient (Wildman–Crippen LogP) is 6.15. The Morgan fingerprint density at radius 3 is 2.35 bits per heavy atom. The fourth-order valence-corrected chi connectivity index (χ4v) is 7.62. The summed E-state index contributed by atoms with van der Waals surface area (Å²) < 4.78 is 11.7. The van der Waals surface area contributed by atoms with Crippen LogP contribution >= 0.6 is 11.6 Å². The maximum Gasteiger partial charge on any atom is 0.309 e. The van der Waals surface area contributed by atoms with Crippen LogP contribution in [0.4, 0.5) is 11.4 Å². The lowest BCUT2D eigenvalue weighted by Gasteiger charge is -2.28. The van der Waals surface area contributed by atoms with Gasteiger partial charge in [-0.2, -0.15) is 0 Å². The number of likely N-dealkylation sites (tertiary alicyclic amines) is 1. The third-order valence-electron chi connectivity index (χ3n) is 9.54. The Hall–Kier alpha value is -4.08. The number of aliphatic carboxylic acids is 1. The van der Waals surface area contributed by atoms with Gasteiger partial charge in [0.2, 0.25) is 11.8 Å². The van der Waals surface area contributed by atoms with Crippen molar-refractivity contribution < 1.29 is 29.0 Å². The number of halogens is 1. The maximum atomic E-state index is 13.8. The fraction of sp³-hybridized carbons (Fsp3) is 0.417. The van der Waals surface area contributed by atoms with Gasteiger partial charge in [0.1, 0.15) is 13.2 Å². The summed E-state index contributed by atoms with van der Waals surface area (Å²) >= 11 is 6.36. The molecule has 2 fully saturated rings. The Labute approximate surface area is 274 Å². The van der Waals surface area contributed by atoms with E-state index >= 15 is 0 Å². The van der Waals surface area contributed by atoms with Crippen LogP contribution in [0, 0.1) is 12.8 Å². The summed E-state index contributed by atoms with van der Waals surface area (Å²) in [6, 6.07) is 14.5. The molecule has 0 bridgehead atoms. The van der Waals surface area contributed by atoms with E-state index in [1.54, 1.807) is 4.90 Å². The minimum Gasteiger partial charge on any atom is -0.486 e. The van der Waals surface area contributed by atoms with Crippen LogP contribution in [0.3, 0.4) is 0 Å². The Balaban J connectivity index is 1.36. The molecule has 10 heteroatoms. The highest BCUT2D eigenvalue weighted by atomic mass is 35.5. The van der Waals surface area contributed by atoms with Crippen molar-refractivity contribution in [2.24, 2.45) is 5.92 Å². The standard InChI is InChI=1S/C36H40ClN3O6/c1-4-22-17-25(37)18-23(5-2)33(22)38-30(41)20-39-19-28(27-12-13-29-35(21(27)3)46-16-15-45-29)32(36(43)44)34(39)24-8-10-26(11-9-24)40-14-6-7-31(40)42/h8-13,17-18,28,32,34H,4-7,14-16,19-20H2,1-3H3,(H,38,41)(H,43,44)/t28-,32?,34+/m1/s1. The van der Waals surface area contributed by atoms with Crippen molar-refractivity contribution in [3.05, 3.63) is 81.4 Å². The van der Waals surface area contributed by atoms with Crippen LogP contribution < -0.4 is 19.7 Å². The van der Waals surface area contributed by atoms with Crippen molar-refractivity contribution in [3.8, 4) is 11.5 Å². The van der Waals surface area contributed by atoms with Crippen molar-refractivity contribution in [3.63, 3.8) is 0 Å². The number of carboxylic acids is 1. The summed E-state index contributed by atoms with van der Waals surface area (Å²) in [5.41, 5.74) is 5.96. The SMILES string of the molecule is CCc1cc(Cl)cc(CC)c1NC(=O)CN1C[C@H](c2ccc3c(c2C)OCCO3)C(C(=O)O)[C@@H]1c1ccc(N2CCCC2=O)cc1. The lowest BCUT2D eigenvalue weighted by atomic mass is 9.81. The molecule has 6 rings (SSSR count). The lowest BCUT2D eigenvalue weighted by Crippen LogP contribution is -2.35. The van der Waals surface area contributed by atoms with Crippen LogP contribution in [0.25, 0.3) is 0 Å². The van der Waals surface area contributed by atoms with Crippen molar-refractivity contribution in [2.45, 2.75) is 58.4 Å². The van der Waals surface area contributed by atoms with E-state index in [0.29, 0.717) is 62.1 Å². The van der Waals surface area contributed by atoms with Gasteiger partial charge in [-0.1, -0.05) is 43.6 Å². The number of rotatable bonds is 9. The Kier molecular flexibility index (Phi) is 9.25. The first kappa shape index (κ1) is 31.9. The number of aryl methyl sites for hydroxylation is 2. The molecule has 0 aliphatic carbocycles. The van der Waals surface area contributed by atoms with E-state index in [-0.39, 0.29) is 18.4 Å². The summed E-state index contributed by atoms with van der Waals surface area (Å²) in [4.78, 5) is 43.1. The van der Waals surface area contributed by atoms with Crippen LogP contribution in [0.15, 0.2) is 48.5 Å². The van der Waals surface area contributed by atoms with Gasteiger partial charge in [-0.3, -0.25) is 19.3 Å². The molecule has 1 unspecified atom stereocenters. The molecule has 2 saturated heterocycles. The minimum absolute atomic E-state index is 0.00412. The lowest BCUT2D eigenvalue weighted by molar-refractivity contribution is -0.143. The number of ether oxygens (including phenoxy) is 2. The van der Waals surface area contributed by atoms with Crippen LogP contribution in [0.2, 0.25) is 5.02 Å². The summed E-state index contributed by atoms with van der Waals surface area (Å²) in [5, 5.41) is 14.5. The van der Waals surface area contributed by atoms with Crippen molar-refractivity contribution in [1.82, 2.24) is 4.90 Å². The largest absolute Gasteiger partial charge is 0.486 e. The summed E-state index contributed by atoms with van der Waals surface area (Å²) in [7, 11) is 0. The molecule has 3 aromatic carbocycles. The van der Waals surface area contributed by atoms with Gasteiger partial charge < -0.3 is 24.8 Å².